The van der Waals surface area contributed by atoms with Gasteiger partial charge in [0, 0.05) is 6.61 Å². The smallest absolute Gasteiger partial charge is 0.330 e. The number of ether oxygens (including phenoxy) is 1. The average Bonchev–Trinajstić information content (AvgIpc) is 2.93. The molecule has 1 fully saturated rings. The highest BCUT2D eigenvalue weighted by Gasteiger charge is 2.29. The van der Waals surface area contributed by atoms with Gasteiger partial charge in [-0.15, -0.1) is 0 Å². The van der Waals surface area contributed by atoms with Crippen molar-refractivity contribution in [3.63, 3.8) is 0 Å². The average molecular weight is 302 g/mol. The largest absolute Gasteiger partial charge is 0.479 e. The second-order valence-electron chi connectivity index (χ2n) is 4.46. The van der Waals surface area contributed by atoms with Crippen molar-refractivity contribution in [1.29, 1.82) is 0 Å². The van der Waals surface area contributed by atoms with Crippen molar-refractivity contribution in [3.8, 4) is 0 Å². The molecule has 1 aromatic carbocycles. The van der Waals surface area contributed by atoms with Crippen molar-refractivity contribution >= 4 is 23.5 Å². The van der Waals surface area contributed by atoms with Crippen LogP contribution in [0.15, 0.2) is 18.2 Å². The molecule has 2 atom stereocenters. The highest BCUT2D eigenvalue weighted by atomic mass is 35.5. The number of amides is 1. The van der Waals surface area contributed by atoms with Crippen molar-refractivity contribution in [2.24, 2.45) is 0 Å². The van der Waals surface area contributed by atoms with Crippen LogP contribution in [-0.2, 0) is 14.3 Å². The Morgan fingerprint density at radius 3 is 2.80 bits per heavy atom. The number of halogens is 2. The van der Waals surface area contributed by atoms with E-state index < -0.39 is 29.8 Å². The van der Waals surface area contributed by atoms with Crippen LogP contribution >= 0.6 is 11.6 Å². The topological polar surface area (TPSA) is 75.6 Å². The number of benzene rings is 1. The Bertz CT molecular complexity index is 531. The van der Waals surface area contributed by atoms with Gasteiger partial charge in [0.05, 0.1) is 5.02 Å². The molecule has 5 nitrogen and oxygen atoms in total. The first-order chi connectivity index (χ1) is 9.49. The van der Waals surface area contributed by atoms with Gasteiger partial charge in [-0.05, 0) is 30.5 Å². The van der Waals surface area contributed by atoms with Gasteiger partial charge < -0.3 is 15.2 Å². The zero-order valence-electron chi connectivity index (χ0n) is 10.4. The standard InChI is InChI=1S/C13H13ClFNO4/c14-8-4-3-7(6-9(8)15)11(13(18)19)16-12(17)10-2-1-5-20-10/h3-4,6,10-11H,1-2,5H2,(H,16,17)(H,18,19)/t10-,11-/m0/s1. The molecule has 1 heterocycles. The molecule has 1 saturated heterocycles. The van der Waals surface area contributed by atoms with Gasteiger partial charge in [-0.1, -0.05) is 17.7 Å². The van der Waals surface area contributed by atoms with Gasteiger partial charge in [-0.2, -0.15) is 0 Å². The van der Waals surface area contributed by atoms with Crippen molar-refractivity contribution in [3.05, 3.63) is 34.6 Å². The number of carboxylic acid groups (broad SMARTS) is 1. The summed E-state index contributed by atoms with van der Waals surface area (Å²) in [7, 11) is 0. The van der Waals surface area contributed by atoms with E-state index in [9.17, 15) is 14.0 Å². The minimum absolute atomic E-state index is 0.108. The molecule has 1 amide bonds. The molecule has 0 aliphatic carbocycles. The van der Waals surface area contributed by atoms with Crippen LogP contribution in [0.2, 0.25) is 5.02 Å². The quantitative estimate of drug-likeness (QED) is 0.890. The van der Waals surface area contributed by atoms with E-state index in [1.54, 1.807) is 0 Å². The van der Waals surface area contributed by atoms with Crippen LogP contribution in [0.25, 0.3) is 0 Å². The lowest BCUT2D eigenvalue weighted by Crippen LogP contribution is -2.40. The van der Waals surface area contributed by atoms with E-state index in [4.69, 9.17) is 21.4 Å². The third kappa shape index (κ3) is 3.26. The fourth-order valence-corrected chi connectivity index (χ4v) is 2.12. The maximum Gasteiger partial charge on any atom is 0.330 e. The minimum atomic E-state index is -1.33. The SMILES string of the molecule is O=C(N[C@H](C(=O)O)c1ccc(Cl)c(F)c1)[C@@H]1CCCO1. The second kappa shape index (κ2) is 6.19. The first-order valence-corrected chi connectivity index (χ1v) is 6.46. The number of rotatable bonds is 4. The van der Waals surface area contributed by atoms with Gasteiger partial charge in [0.25, 0.3) is 0 Å². The predicted molar refractivity (Wildman–Crippen MR) is 68.9 cm³/mol. The number of hydrogen-bond donors (Lipinski definition) is 2. The molecule has 0 radical (unpaired) electrons. The molecule has 1 aliphatic rings. The normalized spacial score (nSPS) is 19.6. The van der Waals surface area contributed by atoms with Crippen LogP contribution < -0.4 is 5.32 Å². The second-order valence-corrected chi connectivity index (χ2v) is 4.86. The number of nitrogens with one attached hydrogen (secondary N) is 1. The Balaban J connectivity index is 2.16. The maximum atomic E-state index is 13.4. The maximum absolute atomic E-state index is 13.4. The molecular weight excluding hydrogens is 289 g/mol. The Labute approximate surface area is 119 Å². The Morgan fingerprint density at radius 2 is 2.25 bits per heavy atom. The van der Waals surface area contributed by atoms with Crippen LogP contribution in [0.5, 0.6) is 0 Å². The summed E-state index contributed by atoms with van der Waals surface area (Å²) in [5, 5.41) is 11.4. The summed E-state index contributed by atoms with van der Waals surface area (Å²) in [5.41, 5.74) is 0.116. The zero-order chi connectivity index (χ0) is 14.7. The van der Waals surface area contributed by atoms with Crippen molar-refractivity contribution in [2.45, 2.75) is 25.0 Å². The Morgan fingerprint density at radius 1 is 1.50 bits per heavy atom. The summed E-state index contributed by atoms with van der Waals surface area (Å²) >= 11 is 5.54. The van der Waals surface area contributed by atoms with Gasteiger partial charge >= 0.3 is 5.97 Å². The minimum Gasteiger partial charge on any atom is -0.479 e. The number of hydrogen-bond acceptors (Lipinski definition) is 3. The van der Waals surface area contributed by atoms with Crippen LogP contribution in [0.1, 0.15) is 24.4 Å². The molecule has 20 heavy (non-hydrogen) atoms. The van der Waals surface area contributed by atoms with Crippen LogP contribution in [0.3, 0.4) is 0 Å². The lowest BCUT2D eigenvalue weighted by molar-refractivity contribution is -0.143. The highest BCUT2D eigenvalue weighted by Crippen LogP contribution is 2.21. The lowest BCUT2D eigenvalue weighted by Gasteiger charge is -2.17. The molecule has 0 saturated carbocycles. The molecule has 0 aromatic heterocycles. The van der Waals surface area contributed by atoms with Crippen molar-refractivity contribution in [1.82, 2.24) is 5.32 Å². The van der Waals surface area contributed by atoms with Crippen LogP contribution in [0.4, 0.5) is 4.39 Å². The summed E-state index contributed by atoms with van der Waals surface area (Å²) in [4.78, 5) is 23.1. The predicted octanol–water partition coefficient (Wildman–Crippen LogP) is 1.90. The fraction of sp³-hybridized carbons (Fsp3) is 0.385. The summed E-state index contributed by atoms with van der Waals surface area (Å²) < 4.78 is 18.6. The summed E-state index contributed by atoms with van der Waals surface area (Å²) in [6, 6.07) is 2.27. The summed E-state index contributed by atoms with van der Waals surface area (Å²) in [6.07, 6.45) is 0.660. The molecule has 2 N–H and O–H groups in total. The van der Waals surface area contributed by atoms with Gasteiger partial charge in [0.1, 0.15) is 11.9 Å². The fourth-order valence-electron chi connectivity index (χ4n) is 2.00. The van der Waals surface area contributed by atoms with E-state index in [0.717, 1.165) is 12.5 Å². The van der Waals surface area contributed by atoms with Crippen LogP contribution in [0, 0.1) is 5.82 Å². The Kier molecular flexibility index (Phi) is 4.57. The molecule has 2 rings (SSSR count). The van der Waals surface area contributed by atoms with Gasteiger partial charge in [-0.25, -0.2) is 9.18 Å². The van der Waals surface area contributed by atoms with Gasteiger partial charge in [0.2, 0.25) is 5.91 Å². The molecular formula is C13H13ClFNO4. The van der Waals surface area contributed by atoms with E-state index in [2.05, 4.69) is 5.32 Å². The molecule has 1 aliphatic heterocycles. The molecule has 7 heteroatoms. The van der Waals surface area contributed by atoms with E-state index >= 15 is 0 Å². The number of carbonyl (C=O) groups is 2. The third-order valence-corrected chi connectivity index (χ3v) is 3.34. The zero-order valence-corrected chi connectivity index (χ0v) is 11.2. The summed E-state index contributed by atoms with van der Waals surface area (Å²) in [6.45, 7) is 0.478. The van der Waals surface area contributed by atoms with Gasteiger partial charge in [-0.3, -0.25) is 4.79 Å². The van der Waals surface area contributed by atoms with E-state index in [1.165, 1.54) is 12.1 Å². The Hall–Kier alpha value is -1.66. The number of carboxylic acids is 1. The van der Waals surface area contributed by atoms with E-state index in [-0.39, 0.29) is 10.6 Å². The molecule has 1 aromatic rings. The van der Waals surface area contributed by atoms with E-state index in [1.807, 2.05) is 0 Å². The molecule has 0 unspecified atom stereocenters. The monoisotopic (exact) mass is 301 g/mol. The molecule has 0 bridgehead atoms. The summed E-state index contributed by atoms with van der Waals surface area (Å²) in [5.74, 6) is -2.52. The van der Waals surface area contributed by atoms with Crippen molar-refractivity contribution in [2.75, 3.05) is 6.61 Å². The molecule has 0 spiro atoms. The van der Waals surface area contributed by atoms with Crippen molar-refractivity contribution < 1.29 is 23.8 Å². The highest BCUT2D eigenvalue weighted by molar-refractivity contribution is 6.30. The molecule has 108 valence electrons. The third-order valence-electron chi connectivity index (χ3n) is 3.03. The first kappa shape index (κ1) is 14.7. The lowest BCUT2D eigenvalue weighted by atomic mass is 10.1. The van der Waals surface area contributed by atoms with Gasteiger partial charge in [0.15, 0.2) is 6.04 Å². The van der Waals surface area contributed by atoms with E-state index in [0.29, 0.717) is 13.0 Å². The number of aliphatic carboxylic acids is 1. The number of carbonyl (C=O) groups excluding carboxylic acids is 1. The van der Waals surface area contributed by atoms with Crippen LogP contribution in [-0.4, -0.2) is 29.7 Å². The first-order valence-electron chi connectivity index (χ1n) is 6.09.